The van der Waals surface area contributed by atoms with E-state index >= 15 is 0 Å². The Morgan fingerprint density at radius 3 is 2.53 bits per heavy atom. The first-order chi connectivity index (χ1) is 8.77. The number of aliphatic hydroxyl groups is 1. The van der Waals surface area contributed by atoms with E-state index in [-0.39, 0.29) is 10.5 Å². The van der Waals surface area contributed by atoms with E-state index in [2.05, 4.69) is 4.74 Å². The molecule has 0 saturated carbocycles. The molecule has 2 rings (SSSR count). The zero-order chi connectivity index (χ0) is 14.4. The number of benzene rings is 1. The predicted molar refractivity (Wildman–Crippen MR) is 62.7 cm³/mol. The summed E-state index contributed by atoms with van der Waals surface area (Å²) in [4.78, 5) is 23.5. The van der Waals surface area contributed by atoms with Crippen molar-refractivity contribution in [1.29, 1.82) is 0 Å². The quantitative estimate of drug-likeness (QED) is 0.544. The Balaban J connectivity index is 2.80. The second-order valence-electron chi connectivity index (χ2n) is 3.96. The maximum Gasteiger partial charge on any atom is 0.363 e. The third-order valence-corrected chi connectivity index (χ3v) is 4.91. The second kappa shape index (κ2) is 4.12. The molecule has 0 aromatic heterocycles. The van der Waals surface area contributed by atoms with Crippen LogP contribution >= 0.6 is 0 Å². The molecule has 0 fully saturated rings. The lowest BCUT2D eigenvalue weighted by atomic mass is 10.0. The van der Waals surface area contributed by atoms with E-state index in [9.17, 15) is 23.1 Å². The van der Waals surface area contributed by atoms with Crippen LogP contribution in [0.5, 0.6) is 0 Å². The van der Waals surface area contributed by atoms with Crippen molar-refractivity contribution in [3.05, 3.63) is 29.8 Å². The number of rotatable bonds is 1. The molecule has 1 N–H and O–H groups in total. The molecule has 1 aliphatic heterocycles. The lowest BCUT2D eigenvalue weighted by Gasteiger charge is -2.36. The highest BCUT2D eigenvalue weighted by atomic mass is 32.2. The van der Waals surface area contributed by atoms with E-state index in [0.29, 0.717) is 4.31 Å². The summed E-state index contributed by atoms with van der Waals surface area (Å²) in [6.45, 7) is 0. The first-order valence-electron chi connectivity index (χ1n) is 5.21. The van der Waals surface area contributed by atoms with Gasteiger partial charge in [0.25, 0.3) is 5.72 Å². The molecule has 1 atom stereocenters. The van der Waals surface area contributed by atoms with E-state index in [4.69, 9.17) is 0 Å². The van der Waals surface area contributed by atoms with Gasteiger partial charge in [0.15, 0.2) is 0 Å². The maximum absolute atomic E-state index is 12.2. The zero-order valence-electron chi connectivity index (χ0n) is 10.2. The van der Waals surface area contributed by atoms with Crippen molar-refractivity contribution >= 4 is 21.8 Å². The summed E-state index contributed by atoms with van der Waals surface area (Å²) in [7, 11) is -2.26. The first-order valence-corrected chi connectivity index (χ1v) is 6.65. The zero-order valence-corrected chi connectivity index (χ0v) is 11.0. The Bertz CT molecular complexity index is 668. The highest BCUT2D eigenvalue weighted by Crippen LogP contribution is 2.34. The molecule has 1 heterocycles. The van der Waals surface area contributed by atoms with Gasteiger partial charge in [0.2, 0.25) is 15.8 Å². The highest BCUT2D eigenvalue weighted by molar-refractivity contribution is 7.89. The van der Waals surface area contributed by atoms with Gasteiger partial charge in [-0.05, 0) is 12.1 Å². The Labute approximate surface area is 109 Å². The Kier molecular flexibility index (Phi) is 2.96. The SMILES string of the molecule is COC(=O)C1(O)C(=O)c2ccccc2S(=O)(=O)N1C. The third-order valence-electron chi connectivity index (χ3n) is 3.01. The van der Waals surface area contributed by atoms with Gasteiger partial charge in [-0.1, -0.05) is 12.1 Å². The van der Waals surface area contributed by atoms with E-state index in [1.807, 2.05) is 0 Å². The minimum absolute atomic E-state index is 0.242. The van der Waals surface area contributed by atoms with Gasteiger partial charge >= 0.3 is 5.97 Å². The van der Waals surface area contributed by atoms with Crippen LogP contribution in [0, 0.1) is 0 Å². The summed E-state index contributed by atoms with van der Waals surface area (Å²) in [6, 6.07) is 5.35. The van der Waals surface area contributed by atoms with Gasteiger partial charge in [0.05, 0.1) is 12.0 Å². The minimum atomic E-state index is -4.15. The standard InChI is InChI=1S/C11H11NO6S/c1-12-11(15,10(14)18-2)9(13)7-5-3-4-6-8(7)19(12,16)17/h3-6,15H,1-2H3. The average Bonchev–Trinajstić information content (AvgIpc) is 2.42. The van der Waals surface area contributed by atoms with Gasteiger partial charge < -0.3 is 9.84 Å². The van der Waals surface area contributed by atoms with Crippen molar-refractivity contribution < 1.29 is 27.9 Å². The molecule has 8 heteroatoms. The van der Waals surface area contributed by atoms with Crippen LogP contribution in [0.15, 0.2) is 29.2 Å². The Hall–Kier alpha value is -1.77. The molecule has 1 aromatic carbocycles. The number of Topliss-reactive ketones (excluding diaryl/α,β-unsaturated/α-hetero) is 1. The summed E-state index contributed by atoms with van der Waals surface area (Å²) in [5, 5.41) is 10.2. The van der Waals surface area contributed by atoms with Crippen LogP contribution in [0.1, 0.15) is 10.4 Å². The summed E-state index contributed by atoms with van der Waals surface area (Å²) in [5.74, 6) is -2.38. The van der Waals surface area contributed by atoms with Crippen LogP contribution in [0.25, 0.3) is 0 Å². The molecule has 102 valence electrons. The largest absolute Gasteiger partial charge is 0.465 e. The van der Waals surface area contributed by atoms with E-state index < -0.39 is 27.5 Å². The molecule has 0 aliphatic carbocycles. The maximum atomic E-state index is 12.2. The Morgan fingerprint density at radius 1 is 1.37 bits per heavy atom. The van der Waals surface area contributed by atoms with Gasteiger partial charge in [0, 0.05) is 12.6 Å². The molecular formula is C11H11NO6S. The number of ketones is 1. The molecule has 1 aliphatic rings. The first kappa shape index (κ1) is 13.7. The molecule has 19 heavy (non-hydrogen) atoms. The van der Waals surface area contributed by atoms with Gasteiger partial charge in [0.1, 0.15) is 0 Å². The smallest absolute Gasteiger partial charge is 0.363 e. The lowest BCUT2D eigenvalue weighted by Crippen LogP contribution is -2.63. The number of fused-ring (bicyclic) bond motifs is 1. The molecule has 0 radical (unpaired) electrons. The van der Waals surface area contributed by atoms with Crippen molar-refractivity contribution in [1.82, 2.24) is 4.31 Å². The number of esters is 1. The van der Waals surface area contributed by atoms with E-state index in [1.54, 1.807) is 0 Å². The van der Waals surface area contributed by atoms with Crippen LogP contribution in [-0.2, 0) is 19.6 Å². The van der Waals surface area contributed by atoms with Crippen molar-refractivity contribution in [3.63, 3.8) is 0 Å². The monoisotopic (exact) mass is 285 g/mol. The molecule has 0 bridgehead atoms. The van der Waals surface area contributed by atoms with Gasteiger partial charge in [-0.2, -0.15) is 4.31 Å². The average molecular weight is 285 g/mol. The van der Waals surface area contributed by atoms with Crippen LogP contribution in [0.4, 0.5) is 0 Å². The fourth-order valence-electron chi connectivity index (χ4n) is 1.89. The number of methoxy groups -OCH3 is 1. The third kappa shape index (κ3) is 1.61. The molecule has 1 unspecified atom stereocenters. The summed E-state index contributed by atoms with van der Waals surface area (Å²) in [5.41, 5.74) is -3.12. The summed E-state index contributed by atoms with van der Waals surface area (Å²) < 4.78 is 29.0. The number of sulfonamides is 1. The summed E-state index contributed by atoms with van der Waals surface area (Å²) >= 11 is 0. The fraction of sp³-hybridized carbons (Fsp3) is 0.273. The Morgan fingerprint density at radius 2 is 1.95 bits per heavy atom. The van der Waals surface area contributed by atoms with Gasteiger partial charge in [-0.15, -0.1) is 0 Å². The predicted octanol–water partition coefficient (Wildman–Crippen LogP) is -0.635. The van der Waals surface area contributed by atoms with Crippen LogP contribution in [0.3, 0.4) is 0 Å². The normalized spacial score (nSPS) is 25.7. The fourth-order valence-corrected chi connectivity index (χ4v) is 3.38. The van der Waals surface area contributed by atoms with Crippen molar-refractivity contribution in [2.75, 3.05) is 14.2 Å². The number of nitrogens with zero attached hydrogens (tertiary/aromatic N) is 1. The van der Waals surface area contributed by atoms with Gasteiger partial charge in [-0.25, -0.2) is 13.2 Å². The van der Waals surface area contributed by atoms with Crippen molar-refractivity contribution in [3.8, 4) is 0 Å². The van der Waals surface area contributed by atoms with Crippen molar-refractivity contribution in [2.45, 2.75) is 10.6 Å². The number of hydrogen-bond acceptors (Lipinski definition) is 6. The number of hydrogen-bond donors (Lipinski definition) is 1. The topological polar surface area (TPSA) is 101 Å². The van der Waals surface area contributed by atoms with Gasteiger partial charge in [-0.3, -0.25) is 4.79 Å². The molecule has 0 saturated heterocycles. The summed E-state index contributed by atoms with van der Waals surface area (Å²) in [6.07, 6.45) is 0. The minimum Gasteiger partial charge on any atom is -0.465 e. The molecule has 7 nitrogen and oxygen atoms in total. The lowest BCUT2D eigenvalue weighted by molar-refractivity contribution is -0.166. The van der Waals surface area contributed by atoms with Crippen molar-refractivity contribution in [2.24, 2.45) is 0 Å². The number of ether oxygens (including phenoxy) is 1. The molecular weight excluding hydrogens is 274 g/mol. The molecule has 0 spiro atoms. The second-order valence-corrected chi connectivity index (χ2v) is 5.90. The van der Waals surface area contributed by atoms with Crippen LogP contribution in [-0.4, -0.2) is 49.5 Å². The molecule has 1 aromatic rings. The number of likely N-dealkylation sites (N-methyl/N-ethyl adjacent to an activating group) is 1. The highest BCUT2D eigenvalue weighted by Gasteiger charge is 2.58. The molecule has 0 amide bonds. The number of carbonyl (C=O) groups excluding carboxylic acids is 2. The van der Waals surface area contributed by atoms with E-state index in [1.165, 1.54) is 24.3 Å². The number of carbonyl (C=O) groups is 2. The van der Waals surface area contributed by atoms with Crippen LogP contribution in [0.2, 0.25) is 0 Å². The van der Waals surface area contributed by atoms with Crippen LogP contribution < -0.4 is 0 Å². The van der Waals surface area contributed by atoms with E-state index in [0.717, 1.165) is 14.2 Å².